The summed E-state index contributed by atoms with van der Waals surface area (Å²) in [6, 6.07) is 8.59. The summed E-state index contributed by atoms with van der Waals surface area (Å²) in [5.74, 6) is 5.18. The molecule has 21 heavy (non-hydrogen) atoms. The van der Waals surface area contributed by atoms with Gasteiger partial charge in [0.2, 0.25) is 0 Å². The van der Waals surface area contributed by atoms with E-state index in [-0.39, 0.29) is 5.56 Å². The van der Waals surface area contributed by atoms with Crippen molar-refractivity contribution in [2.45, 2.75) is 13.5 Å². The van der Waals surface area contributed by atoms with Crippen molar-refractivity contribution in [3.8, 4) is 17.0 Å². The van der Waals surface area contributed by atoms with Crippen molar-refractivity contribution in [1.29, 1.82) is 0 Å². The number of ether oxygens (including phenoxy) is 1. The third-order valence-electron chi connectivity index (χ3n) is 3.04. The Morgan fingerprint density at radius 3 is 2.57 bits per heavy atom. The molecule has 0 aliphatic rings. The summed E-state index contributed by atoms with van der Waals surface area (Å²) in [4.78, 5) is 23.7. The van der Waals surface area contributed by atoms with Gasteiger partial charge < -0.3 is 4.74 Å². The molecular weight excluding hydrogens is 272 g/mol. The number of hydrogen-bond donors (Lipinski definition) is 2. The summed E-state index contributed by atoms with van der Waals surface area (Å²) in [5, 5.41) is 4.24. The fourth-order valence-corrected chi connectivity index (χ4v) is 1.90. The molecule has 1 amide bonds. The summed E-state index contributed by atoms with van der Waals surface area (Å²) >= 11 is 0. The van der Waals surface area contributed by atoms with E-state index >= 15 is 0 Å². The van der Waals surface area contributed by atoms with Crippen molar-refractivity contribution in [2.75, 3.05) is 7.11 Å². The quantitative estimate of drug-likeness (QED) is 0.486. The number of hydrogen-bond acceptors (Lipinski definition) is 5. The first-order chi connectivity index (χ1) is 10.1. The van der Waals surface area contributed by atoms with Gasteiger partial charge in [-0.25, -0.2) is 10.5 Å². The largest absolute Gasteiger partial charge is 0.497 e. The van der Waals surface area contributed by atoms with Crippen LogP contribution in [0.15, 0.2) is 35.1 Å². The van der Waals surface area contributed by atoms with Crippen LogP contribution < -0.4 is 21.6 Å². The Morgan fingerprint density at radius 2 is 2.05 bits per heavy atom. The first-order valence-corrected chi connectivity index (χ1v) is 6.38. The Labute approximate surface area is 121 Å². The topological polar surface area (TPSA) is 99.2 Å². The summed E-state index contributed by atoms with van der Waals surface area (Å²) in [6.45, 7) is 2.13. The Hall–Kier alpha value is -2.67. The van der Waals surface area contributed by atoms with Crippen molar-refractivity contribution in [1.82, 2.24) is 15.2 Å². The van der Waals surface area contributed by atoms with Gasteiger partial charge in [0.25, 0.3) is 11.5 Å². The monoisotopic (exact) mass is 288 g/mol. The molecule has 0 fully saturated rings. The lowest BCUT2D eigenvalue weighted by Crippen LogP contribution is -2.37. The van der Waals surface area contributed by atoms with Crippen LogP contribution in [0.4, 0.5) is 0 Å². The number of benzene rings is 1. The molecule has 0 saturated carbocycles. The molecule has 0 saturated heterocycles. The van der Waals surface area contributed by atoms with E-state index in [1.807, 2.05) is 5.43 Å². The predicted octanol–water partition coefficient (Wildman–Crippen LogP) is 0.542. The Kier molecular flexibility index (Phi) is 4.34. The number of aryl methyl sites for hydroxylation is 1. The van der Waals surface area contributed by atoms with E-state index in [1.54, 1.807) is 38.3 Å². The van der Waals surface area contributed by atoms with Gasteiger partial charge in [-0.05, 0) is 37.3 Å². The number of amides is 1. The maximum absolute atomic E-state index is 12.0. The molecule has 2 rings (SSSR count). The van der Waals surface area contributed by atoms with E-state index in [1.165, 1.54) is 10.7 Å². The molecule has 0 aliphatic heterocycles. The molecule has 1 aromatic carbocycles. The van der Waals surface area contributed by atoms with Crippen molar-refractivity contribution in [3.63, 3.8) is 0 Å². The average molecular weight is 288 g/mol. The lowest BCUT2D eigenvalue weighted by Gasteiger charge is -2.09. The Morgan fingerprint density at radius 1 is 1.38 bits per heavy atom. The molecule has 7 nitrogen and oxygen atoms in total. The summed E-state index contributed by atoms with van der Waals surface area (Å²) in [6.07, 6.45) is 0. The molecule has 0 bridgehead atoms. The van der Waals surface area contributed by atoms with E-state index in [2.05, 4.69) is 5.10 Å². The van der Waals surface area contributed by atoms with Gasteiger partial charge in [0.1, 0.15) is 11.3 Å². The second-order valence-electron chi connectivity index (χ2n) is 4.27. The average Bonchev–Trinajstić information content (AvgIpc) is 2.54. The second-order valence-corrected chi connectivity index (χ2v) is 4.27. The zero-order valence-corrected chi connectivity index (χ0v) is 11.8. The van der Waals surface area contributed by atoms with E-state index < -0.39 is 11.5 Å². The summed E-state index contributed by atoms with van der Waals surface area (Å²) < 4.78 is 6.32. The Balaban J connectivity index is 2.57. The number of carbonyl (C=O) groups excluding carboxylic acids is 1. The highest BCUT2D eigenvalue weighted by Crippen LogP contribution is 2.20. The molecule has 1 heterocycles. The van der Waals surface area contributed by atoms with Crippen LogP contribution >= 0.6 is 0 Å². The van der Waals surface area contributed by atoms with Gasteiger partial charge in [0.15, 0.2) is 0 Å². The van der Waals surface area contributed by atoms with E-state index in [9.17, 15) is 9.59 Å². The normalized spacial score (nSPS) is 10.2. The fraction of sp³-hybridized carbons (Fsp3) is 0.214. The van der Waals surface area contributed by atoms with Crippen molar-refractivity contribution < 1.29 is 9.53 Å². The summed E-state index contributed by atoms with van der Waals surface area (Å²) in [5.41, 5.74) is 2.73. The van der Waals surface area contributed by atoms with Gasteiger partial charge in [0.05, 0.1) is 12.8 Å². The number of rotatable bonds is 4. The van der Waals surface area contributed by atoms with Crippen LogP contribution in [0, 0.1) is 0 Å². The first kappa shape index (κ1) is 14.7. The maximum atomic E-state index is 12.0. The lowest BCUT2D eigenvalue weighted by atomic mass is 10.1. The number of hydrazine groups is 1. The van der Waals surface area contributed by atoms with Crippen LogP contribution in [0.25, 0.3) is 11.3 Å². The van der Waals surface area contributed by atoms with Gasteiger partial charge in [-0.15, -0.1) is 0 Å². The van der Waals surface area contributed by atoms with E-state index in [0.717, 1.165) is 5.56 Å². The SMILES string of the molecule is CCn1nc(-c2ccc(OC)cc2)cc(C(=O)NN)c1=O. The van der Waals surface area contributed by atoms with Gasteiger partial charge >= 0.3 is 0 Å². The fourth-order valence-electron chi connectivity index (χ4n) is 1.90. The van der Waals surface area contributed by atoms with Crippen LogP contribution in [-0.4, -0.2) is 22.8 Å². The molecular formula is C14H16N4O3. The molecule has 7 heteroatoms. The highest BCUT2D eigenvalue weighted by atomic mass is 16.5. The molecule has 110 valence electrons. The van der Waals surface area contributed by atoms with Gasteiger partial charge in [-0.3, -0.25) is 15.0 Å². The number of aromatic nitrogens is 2. The molecule has 0 aliphatic carbocycles. The number of nitrogens with zero attached hydrogens (tertiary/aromatic N) is 2. The number of methoxy groups -OCH3 is 1. The maximum Gasteiger partial charge on any atom is 0.279 e. The number of carbonyl (C=O) groups is 1. The zero-order valence-electron chi connectivity index (χ0n) is 11.8. The van der Waals surface area contributed by atoms with Crippen LogP contribution in [-0.2, 0) is 6.54 Å². The first-order valence-electron chi connectivity index (χ1n) is 6.38. The van der Waals surface area contributed by atoms with Crippen LogP contribution in [0.5, 0.6) is 5.75 Å². The zero-order chi connectivity index (χ0) is 15.4. The standard InChI is InChI=1S/C14H16N4O3/c1-3-18-14(20)11(13(19)16-15)8-12(17-18)9-4-6-10(21-2)7-5-9/h4-8H,3,15H2,1-2H3,(H,16,19). The third-order valence-corrected chi connectivity index (χ3v) is 3.04. The lowest BCUT2D eigenvalue weighted by molar-refractivity contribution is 0.0951. The number of nitrogen functional groups attached to an aromatic ring is 1. The van der Waals surface area contributed by atoms with Crippen molar-refractivity contribution in [2.24, 2.45) is 5.84 Å². The third kappa shape index (κ3) is 2.92. The molecule has 2 aromatic rings. The molecule has 1 aromatic heterocycles. The predicted molar refractivity (Wildman–Crippen MR) is 77.8 cm³/mol. The summed E-state index contributed by atoms with van der Waals surface area (Å²) in [7, 11) is 1.58. The van der Waals surface area contributed by atoms with Crippen LogP contribution in [0.2, 0.25) is 0 Å². The smallest absolute Gasteiger partial charge is 0.279 e. The van der Waals surface area contributed by atoms with Gasteiger partial charge in [-0.2, -0.15) is 5.10 Å². The van der Waals surface area contributed by atoms with Crippen molar-refractivity contribution >= 4 is 5.91 Å². The highest BCUT2D eigenvalue weighted by Gasteiger charge is 2.15. The Bertz CT molecular complexity index is 707. The van der Waals surface area contributed by atoms with Gasteiger partial charge in [0, 0.05) is 12.1 Å². The molecule has 0 atom stereocenters. The minimum absolute atomic E-state index is 0.0415. The molecule has 3 N–H and O–H groups in total. The van der Waals surface area contributed by atoms with Gasteiger partial charge in [-0.1, -0.05) is 0 Å². The van der Waals surface area contributed by atoms with E-state index in [0.29, 0.717) is 18.0 Å². The number of nitrogens with one attached hydrogen (secondary N) is 1. The van der Waals surface area contributed by atoms with E-state index in [4.69, 9.17) is 10.6 Å². The minimum atomic E-state index is -0.639. The highest BCUT2D eigenvalue weighted by molar-refractivity contribution is 5.94. The minimum Gasteiger partial charge on any atom is -0.497 e. The molecule has 0 radical (unpaired) electrons. The van der Waals surface area contributed by atoms with Crippen LogP contribution in [0.1, 0.15) is 17.3 Å². The molecule has 0 unspecified atom stereocenters. The van der Waals surface area contributed by atoms with Crippen molar-refractivity contribution in [3.05, 3.63) is 46.2 Å². The molecule has 0 spiro atoms. The second kappa shape index (κ2) is 6.19. The van der Waals surface area contributed by atoms with Crippen LogP contribution in [0.3, 0.4) is 0 Å². The number of nitrogens with two attached hydrogens (primary N) is 1.